The van der Waals surface area contributed by atoms with Crippen molar-refractivity contribution in [2.24, 2.45) is 5.92 Å². The predicted octanol–water partition coefficient (Wildman–Crippen LogP) is 4.02. The van der Waals surface area contributed by atoms with Crippen LogP contribution in [0.3, 0.4) is 0 Å². The summed E-state index contributed by atoms with van der Waals surface area (Å²) in [4.78, 5) is 35.7. The number of thiazole rings is 2. The molecule has 9 heteroatoms. The number of carbonyl (C=O) groups is 2. The number of aromatic nitrogens is 2. The van der Waals surface area contributed by atoms with Gasteiger partial charge in [-0.2, -0.15) is 0 Å². The first-order chi connectivity index (χ1) is 14.5. The average Bonchev–Trinajstić information content (AvgIpc) is 3.34. The lowest BCUT2D eigenvalue weighted by Crippen LogP contribution is -2.40. The number of rotatable bonds is 6. The average molecular weight is 445 g/mol. The highest BCUT2D eigenvalue weighted by Gasteiger charge is 2.28. The Balaban J connectivity index is 1.38. The number of hydrogen-bond acceptors (Lipinski definition) is 8. The molecule has 2 aromatic heterocycles. The summed E-state index contributed by atoms with van der Waals surface area (Å²) in [6.07, 6.45) is 1.90. The minimum Gasteiger partial charge on any atom is -0.466 e. The number of ether oxygens (including phenoxy) is 1. The molecule has 30 heavy (non-hydrogen) atoms. The molecule has 0 spiro atoms. The number of hydrogen-bond donors (Lipinski definition) is 1. The third-order valence-corrected chi connectivity index (χ3v) is 6.89. The molecule has 1 aliphatic rings. The van der Waals surface area contributed by atoms with Crippen molar-refractivity contribution in [3.63, 3.8) is 0 Å². The van der Waals surface area contributed by atoms with Crippen LogP contribution >= 0.6 is 22.7 Å². The molecule has 4 rings (SSSR count). The molecule has 1 aliphatic heterocycles. The molecule has 3 heterocycles. The zero-order chi connectivity index (χ0) is 21.1. The minimum absolute atomic E-state index is 0.0336. The summed E-state index contributed by atoms with van der Waals surface area (Å²) in [6, 6.07) is 6.28. The van der Waals surface area contributed by atoms with Gasteiger partial charge in [0.1, 0.15) is 0 Å². The molecular formula is C21H24N4O3S2. The molecule has 1 N–H and O–H groups in total. The summed E-state index contributed by atoms with van der Waals surface area (Å²) in [5.74, 6) is -0.465. The van der Waals surface area contributed by atoms with E-state index in [9.17, 15) is 9.59 Å². The van der Waals surface area contributed by atoms with Crippen molar-refractivity contribution in [2.75, 3.05) is 29.9 Å². The molecule has 158 valence electrons. The van der Waals surface area contributed by atoms with Gasteiger partial charge in [-0.25, -0.2) is 9.97 Å². The van der Waals surface area contributed by atoms with Gasteiger partial charge in [0.2, 0.25) is 5.91 Å². The van der Waals surface area contributed by atoms with Crippen LogP contribution in [0.15, 0.2) is 23.6 Å². The molecule has 1 saturated heterocycles. The van der Waals surface area contributed by atoms with Gasteiger partial charge in [-0.15, -0.1) is 11.3 Å². The molecule has 7 nitrogen and oxygen atoms in total. The first-order valence-electron chi connectivity index (χ1n) is 10.0. The number of nitrogens with one attached hydrogen (secondary N) is 1. The Bertz CT molecular complexity index is 1060. The largest absolute Gasteiger partial charge is 0.466 e. The monoisotopic (exact) mass is 444 g/mol. The highest BCUT2D eigenvalue weighted by Crippen LogP contribution is 2.32. The summed E-state index contributed by atoms with van der Waals surface area (Å²) >= 11 is 3.01. The van der Waals surface area contributed by atoms with Crippen LogP contribution in [0.2, 0.25) is 0 Å². The van der Waals surface area contributed by atoms with Crippen LogP contribution in [0.1, 0.15) is 31.0 Å². The van der Waals surface area contributed by atoms with Crippen LogP contribution in [0.25, 0.3) is 10.2 Å². The van der Waals surface area contributed by atoms with E-state index in [0.29, 0.717) is 24.0 Å². The summed E-state index contributed by atoms with van der Waals surface area (Å²) < 4.78 is 6.12. The standard InChI is InChI=1S/C21H24N4O3S2/c1-3-28-18(26)10-15-12-29-20(22-15)24-19(27)14-5-4-8-25(11-14)21-23-16-7-6-13(2)9-17(16)30-21/h6-7,9,12,14H,3-5,8,10-11H2,1-2H3,(H,22,24,27). The lowest BCUT2D eigenvalue weighted by molar-refractivity contribution is -0.142. The van der Waals surface area contributed by atoms with Gasteiger partial charge in [-0.05, 0) is 44.4 Å². The summed E-state index contributed by atoms with van der Waals surface area (Å²) in [5, 5.41) is 6.19. The second kappa shape index (κ2) is 9.09. The van der Waals surface area contributed by atoms with E-state index in [1.54, 1.807) is 23.6 Å². The smallest absolute Gasteiger partial charge is 0.311 e. The Morgan fingerprint density at radius 3 is 3.03 bits per heavy atom. The molecule has 1 aromatic carbocycles. The Morgan fingerprint density at radius 1 is 1.33 bits per heavy atom. The first-order valence-corrected chi connectivity index (χ1v) is 11.7. The van der Waals surface area contributed by atoms with Crippen molar-refractivity contribution < 1.29 is 14.3 Å². The predicted molar refractivity (Wildman–Crippen MR) is 120 cm³/mol. The van der Waals surface area contributed by atoms with Crippen molar-refractivity contribution in [1.29, 1.82) is 0 Å². The van der Waals surface area contributed by atoms with Gasteiger partial charge in [0, 0.05) is 18.5 Å². The Kier molecular flexibility index (Phi) is 6.29. The maximum absolute atomic E-state index is 12.8. The molecule has 0 bridgehead atoms. The Hall–Kier alpha value is -2.52. The maximum atomic E-state index is 12.8. The summed E-state index contributed by atoms with van der Waals surface area (Å²) in [6.45, 7) is 5.75. The number of fused-ring (bicyclic) bond motifs is 1. The third kappa shape index (κ3) is 4.79. The maximum Gasteiger partial charge on any atom is 0.311 e. The molecular weight excluding hydrogens is 420 g/mol. The zero-order valence-electron chi connectivity index (χ0n) is 17.0. The van der Waals surface area contributed by atoms with Gasteiger partial charge < -0.3 is 15.0 Å². The number of benzene rings is 1. The van der Waals surface area contributed by atoms with Crippen LogP contribution in [0, 0.1) is 12.8 Å². The third-order valence-electron chi connectivity index (χ3n) is 5.01. The van der Waals surface area contributed by atoms with Crippen LogP contribution in [0.4, 0.5) is 10.3 Å². The molecule has 0 aliphatic carbocycles. The van der Waals surface area contributed by atoms with Gasteiger partial charge in [0.25, 0.3) is 0 Å². The van der Waals surface area contributed by atoms with Crippen LogP contribution < -0.4 is 10.2 Å². The number of piperidine rings is 1. The van der Waals surface area contributed by atoms with E-state index in [2.05, 4.69) is 40.3 Å². The van der Waals surface area contributed by atoms with E-state index in [4.69, 9.17) is 9.72 Å². The fourth-order valence-electron chi connectivity index (χ4n) is 3.53. The highest BCUT2D eigenvalue weighted by molar-refractivity contribution is 7.22. The zero-order valence-corrected chi connectivity index (χ0v) is 18.6. The van der Waals surface area contributed by atoms with Crippen LogP contribution in [-0.2, 0) is 20.7 Å². The van der Waals surface area contributed by atoms with Crippen LogP contribution in [-0.4, -0.2) is 41.5 Å². The summed E-state index contributed by atoms with van der Waals surface area (Å²) in [7, 11) is 0. The van der Waals surface area contributed by atoms with E-state index in [0.717, 1.165) is 30.0 Å². The Morgan fingerprint density at radius 2 is 2.20 bits per heavy atom. The second-order valence-corrected chi connectivity index (χ2v) is 9.24. The van der Waals surface area contributed by atoms with E-state index in [1.165, 1.54) is 21.6 Å². The second-order valence-electron chi connectivity index (χ2n) is 7.37. The van der Waals surface area contributed by atoms with Gasteiger partial charge >= 0.3 is 5.97 Å². The van der Waals surface area contributed by atoms with E-state index < -0.39 is 0 Å². The highest BCUT2D eigenvalue weighted by atomic mass is 32.1. The molecule has 1 fully saturated rings. The quantitative estimate of drug-likeness (QED) is 0.578. The van der Waals surface area contributed by atoms with Crippen molar-refractivity contribution >= 4 is 55.0 Å². The number of amides is 1. The number of nitrogens with zero attached hydrogens (tertiary/aromatic N) is 3. The first kappa shape index (κ1) is 20.7. The van der Waals surface area contributed by atoms with Gasteiger partial charge in [0.15, 0.2) is 10.3 Å². The minimum atomic E-state index is -0.311. The van der Waals surface area contributed by atoms with Crippen molar-refractivity contribution in [3.8, 4) is 0 Å². The fraction of sp³-hybridized carbons (Fsp3) is 0.429. The molecule has 1 atom stereocenters. The molecule has 0 saturated carbocycles. The normalized spacial score (nSPS) is 16.6. The number of esters is 1. The summed E-state index contributed by atoms with van der Waals surface area (Å²) in [5.41, 5.74) is 2.84. The van der Waals surface area contributed by atoms with Crippen molar-refractivity contribution in [1.82, 2.24) is 9.97 Å². The lowest BCUT2D eigenvalue weighted by atomic mass is 9.97. The fourth-order valence-corrected chi connectivity index (χ4v) is 5.34. The molecule has 0 radical (unpaired) electrons. The lowest BCUT2D eigenvalue weighted by Gasteiger charge is -2.31. The molecule has 3 aromatic rings. The molecule has 1 amide bonds. The van der Waals surface area contributed by atoms with Gasteiger partial charge in [-0.1, -0.05) is 17.4 Å². The Labute approximate surface area is 183 Å². The van der Waals surface area contributed by atoms with Gasteiger partial charge in [-0.3, -0.25) is 9.59 Å². The number of aryl methyl sites for hydroxylation is 1. The van der Waals surface area contributed by atoms with Crippen molar-refractivity contribution in [3.05, 3.63) is 34.8 Å². The van der Waals surface area contributed by atoms with Crippen molar-refractivity contribution in [2.45, 2.75) is 33.1 Å². The number of carbonyl (C=O) groups excluding carboxylic acids is 2. The SMILES string of the molecule is CCOC(=O)Cc1csc(NC(=O)C2CCCN(c3nc4ccc(C)cc4s3)C2)n1. The van der Waals surface area contributed by atoms with E-state index in [1.807, 2.05) is 0 Å². The van der Waals surface area contributed by atoms with E-state index >= 15 is 0 Å². The number of anilines is 2. The van der Waals surface area contributed by atoms with Gasteiger partial charge in [0.05, 0.1) is 34.9 Å². The van der Waals surface area contributed by atoms with Crippen LogP contribution in [0.5, 0.6) is 0 Å². The van der Waals surface area contributed by atoms with E-state index in [-0.39, 0.29) is 24.2 Å². The molecule has 1 unspecified atom stereocenters. The topological polar surface area (TPSA) is 84.4 Å².